The highest BCUT2D eigenvalue weighted by atomic mass is 16.1. The van der Waals surface area contributed by atoms with E-state index < -0.39 is 0 Å². The van der Waals surface area contributed by atoms with Gasteiger partial charge in [0, 0.05) is 30.4 Å². The van der Waals surface area contributed by atoms with Crippen molar-refractivity contribution in [2.45, 2.75) is 45.6 Å². The Bertz CT molecular complexity index is 458. The molecule has 21 heavy (non-hydrogen) atoms. The molecular weight excluding hydrogens is 262 g/mol. The van der Waals surface area contributed by atoms with Crippen molar-refractivity contribution in [3.8, 4) is 0 Å². The van der Waals surface area contributed by atoms with Crippen molar-refractivity contribution in [3.63, 3.8) is 0 Å². The first-order valence-corrected chi connectivity index (χ1v) is 7.94. The van der Waals surface area contributed by atoms with Crippen molar-refractivity contribution in [1.29, 1.82) is 0 Å². The van der Waals surface area contributed by atoms with E-state index in [9.17, 15) is 4.79 Å². The molecule has 4 nitrogen and oxygen atoms in total. The molecular formula is C17H27N3O. The summed E-state index contributed by atoms with van der Waals surface area (Å²) in [5.74, 6) is 0.863. The fraction of sp³-hybridized carbons (Fsp3) is 0.588. The maximum atomic E-state index is 11.9. The number of amides is 1. The van der Waals surface area contributed by atoms with E-state index in [1.165, 1.54) is 19.4 Å². The molecule has 0 aromatic heterocycles. The Morgan fingerprint density at radius 2 is 2.00 bits per heavy atom. The number of nitrogens with zero attached hydrogens (tertiary/aromatic N) is 1. The van der Waals surface area contributed by atoms with Crippen LogP contribution < -0.4 is 11.1 Å². The summed E-state index contributed by atoms with van der Waals surface area (Å²) in [7, 11) is 0. The Hall–Kier alpha value is -1.55. The lowest BCUT2D eigenvalue weighted by molar-refractivity contribution is -0.116. The van der Waals surface area contributed by atoms with Crippen LogP contribution in [0.25, 0.3) is 0 Å². The molecule has 0 aliphatic carbocycles. The minimum absolute atomic E-state index is 0.0810. The molecule has 3 N–H and O–H groups in total. The van der Waals surface area contributed by atoms with E-state index in [1.54, 1.807) is 12.1 Å². The van der Waals surface area contributed by atoms with Gasteiger partial charge in [-0.3, -0.25) is 4.79 Å². The standard InChI is InChI=1S/C17H27N3O/c1-13-5-6-14(2)20(12-13)11-3-4-17(21)19-16-9-7-15(18)8-10-16/h7-10,13-14H,3-6,11-12,18H2,1-2H3,(H,19,21). The van der Waals surface area contributed by atoms with E-state index in [0.29, 0.717) is 18.2 Å². The molecule has 2 atom stereocenters. The minimum atomic E-state index is 0.0810. The second-order valence-electron chi connectivity index (χ2n) is 6.30. The van der Waals surface area contributed by atoms with E-state index in [0.717, 1.165) is 24.6 Å². The number of carbonyl (C=O) groups is 1. The first-order chi connectivity index (χ1) is 10.0. The smallest absolute Gasteiger partial charge is 0.224 e. The normalized spacial score (nSPS) is 23.0. The molecule has 0 spiro atoms. The Kier molecular flexibility index (Phi) is 5.62. The van der Waals surface area contributed by atoms with Crippen molar-refractivity contribution >= 4 is 17.3 Å². The van der Waals surface area contributed by atoms with Crippen molar-refractivity contribution in [1.82, 2.24) is 4.90 Å². The van der Waals surface area contributed by atoms with E-state index in [4.69, 9.17) is 5.73 Å². The molecule has 1 aromatic carbocycles. The van der Waals surface area contributed by atoms with Gasteiger partial charge in [0.05, 0.1) is 0 Å². The second kappa shape index (κ2) is 7.46. The predicted octanol–water partition coefficient (Wildman–Crippen LogP) is 3.11. The molecule has 0 saturated carbocycles. The predicted molar refractivity (Wildman–Crippen MR) is 88.2 cm³/mol. The van der Waals surface area contributed by atoms with Gasteiger partial charge in [0.2, 0.25) is 5.91 Å². The van der Waals surface area contributed by atoms with Crippen LogP contribution in [0, 0.1) is 5.92 Å². The number of hydrogen-bond acceptors (Lipinski definition) is 3. The van der Waals surface area contributed by atoms with Gasteiger partial charge in [0.1, 0.15) is 0 Å². The highest BCUT2D eigenvalue weighted by Crippen LogP contribution is 2.21. The fourth-order valence-electron chi connectivity index (χ4n) is 2.92. The molecule has 0 radical (unpaired) electrons. The van der Waals surface area contributed by atoms with Gasteiger partial charge in [-0.05, 0) is 62.9 Å². The van der Waals surface area contributed by atoms with E-state index in [2.05, 4.69) is 24.1 Å². The quantitative estimate of drug-likeness (QED) is 0.819. The number of nitrogens with two attached hydrogens (primary N) is 1. The van der Waals surface area contributed by atoms with Gasteiger partial charge in [0.15, 0.2) is 0 Å². The SMILES string of the molecule is CC1CCC(C)N(CCCC(=O)Nc2ccc(N)cc2)C1. The third-order valence-electron chi connectivity index (χ3n) is 4.29. The second-order valence-corrected chi connectivity index (χ2v) is 6.30. The van der Waals surface area contributed by atoms with E-state index >= 15 is 0 Å². The van der Waals surface area contributed by atoms with Crippen LogP contribution >= 0.6 is 0 Å². The van der Waals surface area contributed by atoms with E-state index in [-0.39, 0.29) is 5.91 Å². The largest absolute Gasteiger partial charge is 0.399 e. The number of nitrogens with one attached hydrogen (secondary N) is 1. The topological polar surface area (TPSA) is 58.4 Å². The van der Waals surface area contributed by atoms with Crippen LogP contribution in [0.2, 0.25) is 0 Å². The average Bonchev–Trinajstić information content (AvgIpc) is 2.45. The Balaban J connectivity index is 1.70. The maximum Gasteiger partial charge on any atom is 0.224 e. The maximum absolute atomic E-state index is 11.9. The van der Waals surface area contributed by atoms with Crippen LogP contribution in [0.15, 0.2) is 24.3 Å². The monoisotopic (exact) mass is 289 g/mol. The lowest BCUT2D eigenvalue weighted by atomic mass is 9.95. The van der Waals surface area contributed by atoms with E-state index in [1.807, 2.05) is 12.1 Å². The minimum Gasteiger partial charge on any atom is -0.399 e. The Morgan fingerprint density at radius 1 is 1.29 bits per heavy atom. The van der Waals surface area contributed by atoms with Gasteiger partial charge in [-0.25, -0.2) is 0 Å². The zero-order valence-electron chi connectivity index (χ0n) is 13.1. The fourth-order valence-corrected chi connectivity index (χ4v) is 2.92. The Morgan fingerprint density at radius 3 is 2.71 bits per heavy atom. The summed E-state index contributed by atoms with van der Waals surface area (Å²) in [4.78, 5) is 14.4. The number of piperidine rings is 1. The molecule has 1 saturated heterocycles. The molecule has 1 aliphatic heterocycles. The molecule has 2 unspecified atom stereocenters. The zero-order valence-corrected chi connectivity index (χ0v) is 13.1. The van der Waals surface area contributed by atoms with Crippen LogP contribution in [0.4, 0.5) is 11.4 Å². The molecule has 1 heterocycles. The highest BCUT2D eigenvalue weighted by molar-refractivity contribution is 5.90. The summed E-state index contributed by atoms with van der Waals surface area (Å²) in [6.07, 6.45) is 4.09. The molecule has 1 aliphatic rings. The molecule has 4 heteroatoms. The number of rotatable bonds is 5. The van der Waals surface area contributed by atoms with Crippen molar-refractivity contribution in [2.75, 3.05) is 24.1 Å². The number of anilines is 2. The summed E-state index contributed by atoms with van der Waals surface area (Å²) in [6.45, 7) is 6.79. The van der Waals surface area contributed by atoms with Gasteiger partial charge in [-0.1, -0.05) is 6.92 Å². The van der Waals surface area contributed by atoms with Crippen LogP contribution in [-0.2, 0) is 4.79 Å². The third-order valence-corrected chi connectivity index (χ3v) is 4.29. The van der Waals surface area contributed by atoms with Gasteiger partial charge in [-0.15, -0.1) is 0 Å². The lowest BCUT2D eigenvalue weighted by Gasteiger charge is -2.36. The summed E-state index contributed by atoms with van der Waals surface area (Å²) in [6, 6.07) is 7.92. The number of benzene rings is 1. The van der Waals surface area contributed by atoms with Crippen molar-refractivity contribution in [3.05, 3.63) is 24.3 Å². The van der Waals surface area contributed by atoms with Gasteiger partial charge in [0.25, 0.3) is 0 Å². The zero-order chi connectivity index (χ0) is 15.2. The van der Waals surface area contributed by atoms with Crippen LogP contribution in [-0.4, -0.2) is 29.9 Å². The van der Waals surface area contributed by atoms with Crippen molar-refractivity contribution in [2.24, 2.45) is 5.92 Å². The van der Waals surface area contributed by atoms with Crippen LogP contribution in [0.1, 0.15) is 39.5 Å². The molecule has 1 fully saturated rings. The molecule has 2 rings (SSSR count). The highest BCUT2D eigenvalue weighted by Gasteiger charge is 2.22. The number of hydrogen-bond donors (Lipinski definition) is 2. The number of nitrogen functional groups attached to an aromatic ring is 1. The molecule has 116 valence electrons. The van der Waals surface area contributed by atoms with Gasteiger partial charge < -0.3 is 16.0 Å². The third kappa shape index (κ3) is 5.05. The molecule has 1 amide bonds. The average molecular weight is 289 g/mol. The van der Waals surface area contributed by atoms with Crippen LogP contribution in [0.5, 0.6) is 0 Å². The first kappa shape index (κ1) is 15.8. The number of likely N-dealkylation sites (tertiary alicyclic amines) is 1. The van der Waals surface area contributed by atoms with Gasteiger partial charge in [-0.2, -0.15) is 0 Å². The first-order valence-electron chi connectivity index (χ1n) is 7.94. The summed E-state index contributed by atoms with van der Waals surface area (Å²) in [5, 5.41) is 2.91. The molecule has 0 bridgehead atoms. The summed E-state index contributed by atoms with van der Waals surface area (Å²) >= 11 is 0. The molecule has 1 aromatic rings. The lowest BCUT2D eigenvalue weighted by Crippen LogP contribution is -2.41. The Labute approximate surface area is 127 Å². The van der Waals surface area contributed by atoms with Gasteiger partial charge >= 0.3 is 0 Å². The van der Waals surface area contributed by atoms with Crippen molar-refractivity contribution < 1.29 is 4.79 Å². The summed E-state index contributed by atoms with van der Waals surface area (Å²) < 4.78 is 0. The summed E-state index contributed by atoms with van der Waals surface area (Å²) in [5.41, 5.74) is 7.15. The van der Waals surface area contributed by atoms with Crippen LogP contribution in [0.3, 0.4) is 0 Å². The number of carbonyl (C=O) groups excluding carboxylic acids is 1.